The van der Waals surface area contributed by atoms with Gasteiger partial charge in [-0.05, 0) is 25.0 Å². The van der Waals surface area contributed by atoms with Gasteiger partial charge in [0, 0.05) is 6.54 Å². The molecule has 0 unspecified atom stereocenters. The zero-order valence-electron chi connectivity index (χ0n) is 11.4. The van der Waals surface area contributed by atoms with Gasteiger partial charge in [-0.1, -0.05) is 6.07 Å². The summed E-state index contributed by atoms with van der Waals surface area (Å²) < 4.78 is 10.3. The summed E-state index contributed by atoms with van der Waals surface area (Å²) in [5.41, 5.74) is -0.524. The zero-order chi connectivity index (χ0) is 14.8. The predicted molar refractivity (Wildman–Crippen MR) is 71.2 cm³/mol. The minimum absolute atomic E-state index is 0.113. The second kappa shape index (κ2) is 5.40. The highest BCUT2D eigenvalue weighted by atomic mass is 16.5. The van der Waals surface area contributed by atoms with Crippen molar-refractivity contribution in [2.24, 2.45) is 5.41 Å². The molecule has 0 atom stereocenters. The van der Waals surface area contributed by atoms with E-state index in [1.165, 1.54) is 14.2 Å². The smallest absolute Gasteiger partial charge is 0.311 e. The molecule has 0 saturated heterocycles. The molecule has 6 heteroatoms. The van der Waals surface area contributed by atoms with Crippen molar-refractivity contribution >= 4 is 11.9 Å². The summed E-state index contributed by atoms with van der Waals surface area (Å²) in [5, 5.41) is 11.7. The molecule has 0 aromatic heterocycles. The highest BCUT2D eigenvalue weighted by molar-refractivity contribution is 6.00. The Balaban J connectivity index is 2.15. The Kier molecular flexibility index (Phi) is 3.83. The van der Waals surface area contributed by atoms with Crippen molar-refractivity contribution in [3.8, 4) is 11.5 Å². The van der Waals surface area contributed by atoms with E-state index >= 15 is 0 Å². The van der Waals surface area contributed by atoms with Crippen LogP contribution >= 0.6 is 0 Å². The van der Waals surface area contributed by atoms with Crippen molar-refractivity contribution in [3.63, 3.8) is 0 Å². The number of nitrogens with one attached hydrogen (secondary N) is 1. The van der Waals surface area contributed by atoms with Gasteiger partial charge in [0.05, 0.1) is 19.6 Å². The van der Waals surface area contributed by atoms with E-state index in [2.05, 4.69) is 5.32 Å². The highest BCUT2D eigenvalue weighted by Crippen LogP contribution is 2.45. The fourth-order valence-electron chi connectivity index (χ4n) is 2.03. The van der Waals surface area contributed by atoms with Gasteiger partial charge in [0.25, 0.3) is 5.91 Å². The van der Waals surface area contributed by atoms with Gasteiger partial charge >= 0.3 is 5.97 Å². The van der Waals surface area contributed by atoms with Gasteiger partial charge in [-0.3, -0.25) is 9.59 Å². The van der Waals surface area contributed by atoms with Crippen LogP contribution in [0, 0.1) is 5.41 Å². The number of rotatable bonds is 6. The molecule has 1 aliphatic rings. The second-order valence-electron chi connectivity index (χ2n) is 4.81. The summed E-state index contributed by atoms with van der Waals surface area (Å²) in [6.45, 7) is 0.113. The van der Waals surface area contributed by atoms with Gasteiger partial charge in [0.2, 0.25) is 0 Å². The number of carboxylic acid groups (broad SMARTS) is 1. The van der Waals surface area contributed by atoms with Crippen molar-refractivity contribution in [3.05, 3.63) is 23.8 Å². The van der Waals surface area contributed by atoms with Crippen molar-refractivity contribution in [2.75, 3.05) is 20.8 Å². The number of carbonyl (C=O) groups is 2. The van der Waals surface area contributed by atoms with E-state index in [1.54, 1.807) is 18.2 Å². The lowest BCUT2D eigenvalue weighted by Gasteiger charge is -2.15. The summed E-state index contributed by atoms with van der Waals surface area (Å²) in [6.07, 6.45) is 1.18. The molecule has 0 spiro atoms. The SMILES string of the molecule is COc1cccc(OC)c1C(=O)NCC1(C(=O)O)CC1. The Morgan fingerprint density at radius 1 is 1.25 bits per heavy atom. The van der Waals surface area contributed by atoms with Crippen LogP contribution in [-0.2, 0) is 4.79 Å². The standard InChI is InChI=1S/C14H17NO5/c1-19-9-4-3-5-10(20-2)11(9)12(16)15-8-14(6-7-14)13(17)18/h3-5H,6-8H2,1-2H3,(H,15,16)(H,17,18). The first-order valence-electron chi connectivity index (χ1n) is 6.26. The average molecular weight is 279 g/mol. The molecule has 2 N–H and O–H groups in total. The number of amides is 1. The van der Waals surface area contributed by atoms with Gasteiger partial charge in [-0.2, -0.15) is 0 Å². The largest absolute Gasteiger partial charge is 0.496 e. The van der Waals surface area contributed by atoms with E-state index in [0.29, 0.717) is 24.3 Å². The van der Waals surface area contributed by atoms with Gasteiger partial charge in [-0.25, -0.2) is 0 Å². The lowest BCUT2D eigenvalue weighted by atomic mass is 10.1. The third-order valence-corrected chi connectivity index (χ3v) is 3.55. The molecule has 6 nitrogen and oxygen atoms in total. The number of methoxy groups -OCH3 is 2. The molecule has 1 aromatic rings. The maximum absolute atomic E-state index is 12.2. The molecule has 0 heterocycles. The number of carboxylic acids is 1. The molecule has 1 fully saturated rings. The van der Waals surface area contributed by atoms with Gasteiger partial charge in [-0.15, -0.1) is 0 Å². The van der Waals surface area contributed by atoms with Crippen LogP contribution in [0.2, 0.25) is 0 Å². The molecule has 0 bridgehead atoms. The van der Waals surface area contributed by atoms with E-state index in [4.69, 9.17) is 14.6 Å². The Morgan fingerprint density at radius 3 is 2.20 bits per heavy atom. The van der Waals surface area contributed by atoms with Crippen molar-refractivity contribution in [1.29, 1.82) is 0 Å². The summed E-state index contributed by atoms with van der Waals surface area (Å²) in [6, 6.07) is 5.02. The lowest BCUT2D eigenvalue weighted by molar-refractivity contribution is -0.143. The van der Waals surface area contributed by atoms with Crippen LogP contribution in [0.1, 0.15) is 23.2 Å². The number of benzene rings is 1. The van der Waals surface area contributed by atoms with E-state index in [0.717, 1.165) is 0 Å². The Morgan fingerprint density at radius 2 is 1.80 bits per heavy atom. The molecule has 1 aromatic carbocycles. The molecule has 0 aliphatic heterocycles. The number of hydrogen-bond donors (Lipinski definition) is 2. The molecule has 20 heavy (non-hydrogen) atoms. The number of carbonyl (C=O) groups excluding carboxylic acids is 1. The molecule has 1 saturated carbocycles. The maximum atomic E-state index is 12.2. The molecule has 2 rings (SSSR count). The van der Waals surface area contributed by atoms with Crippen LogP contribution in [0.3, 0.4) is 0 Å². The van der Waals surface area contributed by atoms with Crippen molar-refractivity contribution < 1.29 is 24.2 Å². The van der Waals surface area contributed by atoms with Crippen LogP contribution in [0.5, 0.6) is 11.5 Å². The third-order valence-electron chi connectivity index (χ3n) is 3.55. The van der Waals surface area contributed by atoms with E-state index in [9.17, 15) is 9.59 Å². The van der Waals surface area contributed by atoms with E-state index in [1.807, 2.05) is 0 Å². The van der Waals surface area contributed by atoms with Crippen LogP contribution in [0.25, 0.3) is 0 Å². The first kappa shape index (κ1) is 14.2. The van der Waals surface area contributed by atoms with Gasteiger partial charge in [0.1, 0.15) is 17.1 Å². The second-order valence-corrected chi connectivity index (χ2v) is 4.81. The van der Waals surface area contributed by atoms with Gasteiger partial charge in [0.15, 0.2) is 0 Å². The minimum atomic E-state index is -0.871. The van der Waals surface area contributed by atoms with E-state index < -0.39 is 17.3 Å². The Labute approximate surface area is 116 Å². The van der Waals surface area contributed by atoms with Crippen LogP contribution in [0.15, 0.2) is 18.2 Å². The summed E-state index contributed by atoms with van der Waals surface area (Å²) in [4.78, 5) is 23.3. The molecule has 0 radical (unpaired) electrons. The predicted octanol–water partition coefficient (Wildman–Crippen LogP) is 1.30. The number of hydrogen-bond acceptors (Lipinski definition) is 4. The van der Waals surface area contributed by atoms with Crippen LogP contribution in [0.4, 0.5) is 0 Å². The summed E-state index contributed by atoms with van der Waals surface area (Å²) in [5.74, 6) is -0.485. The lowest BCUT2D eigenvalue weighted by Crippen LogP contribution is -2.34. The van der Waals surface area contributed by atoms with Crippen molar-refractivity contribution in [2.45, 2.75) is 12.8 Å². The first-order valence-corrected chi connectivity index (χ1v) is 6.26. The molecular formula is C14H17NO5. The van der Waals surface area contributed by atoms with Gasteiger partial charge < -0.3 is 19.9 Å². The first-order chi connectivity index (χ1) is 9.54. The number of ether oxygens (including phenoxy) is 2. The van der Waals surface area contributed by atoms with Crippen molar-refractivity contribution in [1.82, 2.24) is 5.32 Å². The minimum Gasteiger partial charge on any atom is -0.496 e. The fourth-order valence-corrected chi connectivity index (χ4v) is 2.03. The van der Waals surface area contributed by atoms with Crippen LogP contribution in [-0.4, -0.2) is 37.7 Å². The quantitative estimate of drug-likeness (QED) is 0.820. The van der Waals surface area contributed by atoms with Crippen LogP contribution < -0.4 is 14.8 Å². The highest BCUT2D eigenvalue weighted by Gasteiger charge is 2.50. The fraction of sp³-hybridized carbons (Fsp3) is 0.429. The summed E-state index contributed by atoms with van der Waals surface area (Å²) >= 11 is 0. The average Bonchev–Trinajstić information content (AvgIpc) is 3.25. The number of aliphatic carboxylic acids is 1. The maximum Gasteiger partial charge on any atom is 0.311 e. The summed E-state index contributed by atoms with van der Waals surface area (Å²) in [7, 11) is 2.93. The Bertz CT molecular complexity index is 514. The third kappa shape index (κ3) is 2.54. The zero-order valence-corrected chi connectivity index (χ0v) is 11.4. The normalized spacial score (nSPS) is 15.3. The molecule has 108 valence electrons. The molecule has 1 aliphatic carbocycles. The van der Waals surface area contributed by atoms with E-state index in [-0.39, 0.29) is 12.1 Å². The Hall–Kier alpha value is -2.24. The molecular weight excluding hydrogens is 262 g/mol. The topological polar surface area (TPSA) is 84.9 Å². The molecule has 1 amide bonds. The monoisotopic (exact) mass is 279 g/mol.